The van der Waals surface area contributed by atoms with E-state index in [-0.39, 0.29) is 0 Å². The number of hydrogen-bond acceptors (Lipinski definition) is 0. The van der Waals surface area contributed by atoms with E-state index in [0.29, 0.717) is 29.6 Å². The maximum atomic E-state index is 16.3. The molecule has 0 aromatic carbocycles. The molecule has 0 radical (unpaired) electrons. The third-order valence-corrected chi connectivity index (χ3v) is 13.8. The van der Waals surface area contributed by atoms with Crippen LogP contribution >= 0.6 is 0 Å². The third-order valence-electron chi connectivity index (χ3n) is 13.8. The lowest BCUT2D eigenvalue weighted by molar-refractivity contribution is 0.0380. The van der Waals surface area contributed by atoms with E-state index < -0.39 is 12.3 Å². The van der Waals surface area contributed by atoms with Crippen LogP contribution in [0.4, 0.5) is 8.78 Å². The second-order valence-corrected chi connectivity index (χ2v) is 16.8. The fourth-order valence-electron chi connectivity index (χ4n) is 11.6. The summed E-state index contributed by atoms with van der Waals surface area (Å²) in [6, 6.07) is 0. The van der Waals surface area contributed by atoms with Gasteiger partial charge < -0.3 is 0 Å². The summed E-state index contributed by atoms with van der Waals surface area (Å²) in [7, 11) is 0. The highest BCUT2D eigenvalue weighted by molar-refractivity contribution is 4.93. The van der Waals surface area contributed by atoms with E-state index in [9.17, 15) is 0 Å². The van der Waals surface area contributed by atoms with E-state index >= 15 is 8.78 Å². The van der Waals surface area contributed by atoms with E-state index in [1.165, 1.54) is 148 Å². The number of hydrogen-bond donors (Lipinski definition) is 0. The smallest absolute Gasteiger partial charge is 0.101 e. The fraction of sp³-hybridized carbons (Fsp3) is 1.00. The molecule has 5 rings (SSSR count). The van der Waals surface area contributed by atoms with Crippen molar-refractivity contribution in [3.05, 3.63) is 0 Å². The Morgan fingerprint density at radius 1 is 0.405 bits per heavy atom. The number of rotatable bonds is 2. The third kappa shape index (κ3) is 9.93. The van der Waals surface area contributed by atoms with E-state index in [4.69, 9.17) is 0 Å². The summed E-state index contributed by atoms with van der Waals surface area (Å²) in [6.45, 7) is 2.35. The SMILES string of the molecule is CCCC1CCCCCC2CC(CCC1)CC1CC(F)CC3CC4CCCCCCCCCC4CC3CCC(F)CC21. The first kappa shape index (κ1) is 33.2. The molecule has 0 amide bonds. The van der Waals surface area contributed by atoms with Crippen LogP contribution in [0.1, 0.15) is 187 Å². The molecule has 0 spiro atoms. The summed E-state index contributed by atoms with van der Waals surface area (Å²) in [6.07, 6.45) is 34.1. The van der Waals surface area contributed by atoms with Gasteiger partial charge in [0.15, 0.2) is 0 Å². The molecule has 0 aliphatic heterocycles. The summed E-state index contributed by atoms with van der Waals surface area (Å²) in [5.41, 5.74) is 0. The van der Waals surface area contributed by atoms with E-state index in [1.807, 2.05) is 0 Å². The van der Waals surface area contributed by atoms with Gasteiger partial charge in [-0.1, -0.05) is 129 Å². The van der Waals surface area contributed by atoms with Gasteiger partial charge in [-0.05, 0) is 111 Å². The van der Waals surface area contributed by atoms with Gasteiger partial charge in [0, 0.05) is 0 Å². The van der Waals surface area contributed by atoms with Crippen LogP contribution in [-0.2, 0) is 0 Å². The molecule has 0 aromatic rings. The van der Waals surface area contributed by atoms with Crippen molar-refractivity contribution in [3.8, 4) is 0 Å². The van der Waals surface area contributed by atoms with Gasteiger partial charge in [0.25, 0.3) is 0 Å². The summed E-state index contributed by atoms with van der Waals surface area (Å²) in [5, 5.41) is 0. The van der Waals surface area contributed by atoms with Gasteiger partial charge in [-0.25, -0.2) is 8.78 Å². The molecule has 244 valence electrons. The minimum Gasteiger partial charge on any atom is -0.247 e. The molecule has 5 aliphatic carbocycles. The first-order valence-electron chi connectivity index (χ1n) is 19.9. The molecule has 2 heteroatoms. The minimum absolute atomic E-state index is 0.432. The van der Waals surface area contributed by atoms with Crippen molar-refractivity contribution in [3.63, 3.8) is 0 Å². The molecule has 2 bridgehead atoms. The number of halogens is 2. The Hall–Kier alpha value is -0.140. The summed E-state index contributed by atoms with van der Waals surface area (Å²) < 4.78 is 32.3. The Bertz CT molecular complexity index is 735. The van der Waals surface area contributed by atoms with Crippen LogP contribution in [0.15, 0.2) is 0 Å². The molecule has 42 heavy (non-hydrogen) atoms. The standard InChI is InChI=1S/C40H70F2/c1-2-14-30-15-9-8-12-20-35-23-31(17-13-16-30)24-37-28-39(42)27-36-26-33-19-11-7-5-3-4-6-10-18-32(33)25-34(36)21-22-38(41)29-40(35)37/h30-40H,2-29H2,1H3. The number of fused-ring (bicyclic) bond motifs is 6. The van der Waals surface area contributed by atoms with Crippen molar-refractivity contribution in [2.75, 3.05) is 0 Å². The van der Waals surface area contributed by atoms with Crippen molar-refractivity contribution in [2.24, 2.45) is 53.3 Å². The average Bonchev–Trinajstić information content (AvgIpc) is 3.02. The normalized spacial score (nSPS) is 43.9. The molecule has 11 unspecified atom stereocenters. The molecule has 0 nitrogen and oxygen atoms in total. The maximum absolute atomic E-state index is 16.3. The molecular formula is C40H70F2. The van der Waals surface area contributed by atoms with Crippen LogP contribution in [0.25, 0.3) is 0 Å². The number of alkyl halides is 2. The highest BCUT2D eigenvalue weighted by Gasteiger charge is 2.43. The summed E-state index contributed by atoms with van der Waals surface area (Å²) in [5.74, 6) is 5.96. The van der Waals surface area contributed by atoms with Gasteiger partial charge in [-0.2, -0.15) is 0 Å². The first-order valence-corrected chi connectivity index (χ1v) is 19.9. The Balaban J connectivity index is 1.27. The van der Waals surface area contributed by atoms with Crippen molar-refractivity contribution < 1.29 is 8.78 Å². The highest BCUT2D eigenvalue weighted by Crippen LogP contribution is 2.51. The highest BCUT2D eigenvalue weighted by atomic mass is 19.1. The van der Waals surface area contributed by atoms with Crippen LogP contribution in [0.5, 0.6) is 0 Å². The lowest BCUT2D eigenvalue weighted by atomic mass is 9.62. The minimum atomic E-state index is -0.660. The van der Waals surface area contributed by atoms with Crippen LogP contribution < -0.4 is 0 Å². The van der Waals surface area contributed by atoms with E-state index in [1.54, 1.807) is 0 Å². The molecule has 5 fully saturated rings. The zero-order valence-electron chi connectivity index (χ0n) is 27.9. The van der Waals surface area contributed by atoms with Crippen LogP contribution in [-0.4, -0.2) is 12.3 Å². The maximum Gasteiger partial charge on any atom is 0.101 e. The molecule has 5 aliphatic rings. The van der Waals surface area contributed by atoms with Crippen molar-refractivity contribution in [2.45, 2.75) is 199 Å². The van der Waals surface area contributed by atoms with Crippen molar-refractivity contribution >= 4 is 0 Å². The monoisotopic (exact) mass is 589 g/mol. The van der Waals surface area contributed by atoms with Gasteiger partial charge in [0.1, 0.15) is 12.3 Å². The van der Waals surface area contributed by atoms with Gasteiger partial charge in [0.2, 0.25) is 0 Å². The lowest BCUT2D eigenvalue weighted by Crippen LogP contribution is -2.36. The molecule has 11 atom stereocenters. The Morgan fingerprint density at radius 2 is 0.952 bits per heavy atom. The summed E-state index contributed by atoms with van der Waals surface area (Å²) in [4.78, 5) is 0. The molecule has 0 aromatic heterocycles. The predicted molar refractivity (Wildman–Crippen MR) is 176 cm³/mol. The van der Waals surface area contributed by atoms with Crippen LogP contribution in [0, 0.1) is 53.3 Å². The van der Waals surface area contributed by atoms with Crippen molar-refractivity contribution in [1.82, 2.24) is 0 Å². The fourth-order valence-corrected chi connectivity index (χ4v) is 11.6. The van der Waals surface area contributed by atoms with Gasteiger partial charge in [-0.15, -0.1) is 0 Å². The lowest BCUT2D eigenvalue weighted by Gasteiger charge is -2.44. The largest absolute Gasteiger partial charge is 0.247 e. The Morgan fingerprint density at radius 3 is 1.69 bits per heavy atom. The molecule has 0 heterocycles. The topological polar surface area (TPSA) is 0 Å². The molecular weight excluding hydrogens is 518 g/mol. The Labute approximate surface area is 260 Å². The van der Waals surface area contributed by atoms with Gasteiger partial charge in [0.05, 0.1) is 0 Å². The second kappa shape index (κ2) is 17.5. The van der Waals surface area contributed by atoms with Gasteiger partial charge >= 0.3 is 0 Å². The zero-order chi connectivity index (χ0) is 29.1. The second-order valence-electron chi connectivity index (χ2n) is 16.8. The van der Waals surface area contributed by atoms with E-state index in [0.717, 1.165) is 55.8 Å². The van der Waals surface area contributed by atoms with E-state index in [2.05, 4.69) is 6.92 Å². The molecule has 0 saturated heterocycles. The molecule has 5 saturated carbocycles. The predicted octanol–water partition coefficient (Wildman–Crippen LogP) is 13.2. The van der Waals surface area contributed by atoms with Crippen LogP contribution in [0.3, 0.4) is 0 Å². The zero-order valence-corrected chi connectivity index (χ0v) is 27.9. The van der Waals surface area contributed by atoms with Gasteiger partial charge in [-0.3, -0.25) is 0 Å². The molecule has 0 N–H and O–H groups in total. The first-order chi connectivity index (χ1) is 20.6. The average molecular weight is 589 g/mol. The Kier molecular flexibility index (Phi) is 13.9. The van der Waals surface area contributed by atoms with Crippen LogP contribution in [0.2, 0.25) is 0 Å². The summed E-state index contributed by atoms with van der Waals surface area (Å²) >= 11 is 0. The quantitative estimate of drug-likeness (QED) is 0.301. The van der Waals surface area contributed by atoms with Crippen molar-refractivity contribution in [1.29, 1.82) is 0 Å².